The van der Waals surface area contributed by atoms with Crippen molar-refractivity contribution in [1.82, 2.24) is 15.1 Å². The van der Waals surface area contributed by atoms with Crippen LogP contribution >= 0.6 is 0 Å². The molecule has 1 amide bonds. The van der Waals surface area contributed by atoms with E-state index in [1.54, 1.807) is 26.0 Å². The molecule has 1 N–H and O–H groups in total. The molecule has 138 valence electrons. The number of nitrogens with one attached hydrogen (secondary N) is 1. The smallest absolute Gasteiger partial charge is 0.328 e. The Morgan fingerprint density at radius 3 is 2.54 bits per heavy atom. The summed E-state index contributed by atoms with van der Waals surface area (Å²) in [4.78, 5) is 35.9. The molecule has 2 rings (SSSR count). The average molecular weight is 361 g/mol. The number of hydrogen-bond donors (Lipinski definition) is 1. The van der Waals surface area contributed by atoms with Gasteiger partial charge in [-0.3, -0.25) is 9.59 Å². The van der Waals surface area contributed by atoms with E-state index < -0.39 is 35.8 Å². The van der Waals surface area contributed by atoms with Gasteiger partial charge < -0.3 is 10.1 Å². The van der Waals surface area contributed by atoms with E-state index in [1.165, 1.54) is 31.4 Å². The Hall–Kier alpha value is -3.03. The van der Waals surface area contributed by atoms with E-state index in [1.807, 2.05) is 0 Å². The minimum atomic E-state index is -0.835. The number of amides is 1. The Bertz CT molecular complexity index is 864. The van der Waals surface area contributed by atoms with Gasteiger partial charge in [0.05, 0.1) is 12.8 Å². The average Bonchev–Trinajstić information content (AvgIpc) is 2.61. The third-order valence-corrected chi connectivity index (χ3v) is 3.75. The molecule has 2 aromatic rings. The van der Waals surface area contributed by atoms with E-state index in [0.29, 0.717) is 0 Å². The van der Waals surface area contributed by atoms with Crippen molar-refractivity contribution in [2.75, 3.05) is 7.11 Å². The number of methoxy groups -OCH3 is 1. The third-order valence-electron chi connectivity index (χ3n) is 3.75. The van der Waals surface area contributed by atoms with E-state index in [4.69, 9.17) is 0 Å². The maximum atomic E-state index is 13.9. The van der Waals surface area contributed by atoms with Crippen LogP contribution in [-0.2, 0) is 20.9 Å². The van der Waals surface area contributed by atoms with Crippen molar-refractivity contribution < 1.29 is 18.7 Å². The maximum Gasteiger partial charge on any atom is 0.328 e. The lowest BCUT2D eigenvalue weighted by Gasteiger charge is -2.19. The summed E-state index contributed by atoms with van der Waals surface area (Å²) in [5.41, 5.74) is -0.0699. The van der Waals surface area contributed by atoms with Gasteiger partial charge >= 0.3 is 5.97 Å². The molecule has 26 heavy (non-hydrogen) atoms. The molecule has 7 nitrogen and oxygen atoms in total. The minimum Gasteiger partial charge on any atom is -0.467 e. The molecule has 1 heterocycles. The molecule has 0 aliphatic carbocycles. The summed E-state index contributed by atoms with van der Waals surface area (Å²) in [6.45, 7) is 3.11. The fourth-order valence-corrected chi connectivity index (χ4v) is 2.35. The molecule has 0 spiro atoms. The Kier molecular flexibility index (Phi) is 6.21. The topological polar surface area (TPSA) is 90.3 Å². The van der Waals surface area contributed by atoms with Crippen LogP contribution in [0.5, 0.6) is 0 Å². The van der Waals surface area contributed by atoms with Gasteiger partial charge in [0.2, 0.25) is 5.91 Å². The quantitative estimate of drug-likeness (QED) is 0.785. The fraction of sp³-hybridized carbons (Fsp3) is 0.333. The Balaban J connectivity index is 2.23. The molecule has 1 aromatic heterocycles. The summed E-state index contributed by atoms with van der Waals surface area (Å²) < 4.78 is 19.5. The third kappa shape index (κ3) is 4.53. The zero-order valence-electron chi connectivity index (χ0n) is 14.7. The van der Waals surface area contributed by atoms with Crippen LogP contribution in [0, 0.1) is 11.7 Å². The number of carbonyl (C=O) groups is 2. The predicted octanol–water partition coefficient (Wildman–Crippen LogP) is 1.36. The summed E-state index contributed by atoms with van der Waals surface area (Å²) in [5, 5.41) is 6.57. The van der Waals surface area contributed by atoms with Crippen LogP contribution in [0.3, 0.4) is 0 Å². The number of benzene rings is 1. The molecule has 0 aliphatic heterocycles. The Morgan fingerprint density at radius 2 is 1.92 bits per heavy atom. The summed E-state index contributed by atoms with van der Waals surface area (Å²) in [6.07, 6.45) is 0. The monoisotopic (exact) mass is 361 g/mol. The van der Waals surface area contributed by atoms with E-state index in [9.17, 15) is 18.8 Å². The molecule has 1 atom stereocenters. The molecular formula is C18H20FN3O4. The predicted molar refractivity (Wildman–Crippen MR) is 92.7 cm³/mol. The lowest BCUT2D eigenvalue weighted by Crippen LogP contribution is -2.47. The fourth-order valence-electron chi connectivity index (χ4n) is 2.35. The number of halogens is 1. The first-order chi connectivity index (χ1) is 12.3. The lowest BCUT2D eigenvalue weighted by molar-refractivity contribution is -0.146. The molecule has 1 unspecified atom stereocenters. The first-order valence-electron chi connectivity index (χ1n) is 8.03. The highest BCUT2D eigenvalue weighted by atomic mass is 19.1. The van der Waals surface area contributed by atoms with Gasteiger partial charge in [0.25, 0.3) is 5.56 Å². The van der Waals surface area contributed by atoms with Crippen LogP contribution in [0.4, 0.5) is 4.39 Å². The van der Waals surface area contributed by atoms with Gasteiger partial charge in [-0.1, -0.05) is 26.0 Å². The molecular weight excluding hydrogens is 341 g/mol. The van der Waals surface area contributed by atoms with Crippen molar-refractivity contribution in [3.05, 3.63) is 52.6 Å². The number of esters is 1. The number of aromatic nitrogens is 2. The zero-order valence-corrected chi connectivity index (χ0v) is 14.7. The highest BCUT2D eigenvalue weighted by Crippen LogP contribution is 2.18. The molecule has 0 aliphatic rings. The number of carbonyl (C=O) groups excluding carboxylic acids is 2. The summed E-state index contributed by atoms with van der Waals surface area (Å²) >= 11 is 0. The van der Waals surface area contributed by atoms with Gasteiger partial charge in [0.1, 0.15) is 18.4 Å². The van der Waals surface area contributed by atoms with E-state index in [2.05, 4.69) is 15.2 Å². The first kappa shape index (κ1) is 19.3. The van der Waals surface area contributed by atoms with Crippen molar-refractivity contribution in [3.8, 4) is 11.3 Å². The molecule has 8 heteroatoms. The number of hydrogen-bond acceptors (Lipinski definition) is 5. The van der Waals surface area contributed by atoms with Gasteiger partial charge in [-0.25, -0.2) is 13.9 Å². The zero-order chi connectivity index (χ0) is 19.3. The van der Waals surface area contributed by atoms with Crippen LogP contribution in [-0.4, -0.2) is 34.8 Å². The van der Waals surface area contributed by atoms with Crippen LogP contribution < -0.4 is 10.9 Å². The molecule has 0 saturated heterocycles. The number of nitrogens with zero attached hydrogens (tertiary/aromatic N) is 2. The number of ether oxygens (including phenoxy) is 1. The summed E-state index contributed by atoms with van der Waals surface area (Å²) in [6, 6.07) is 7.76. The van der Waals surface area contributed by atoms with Gasteiger partial charge in [-0.15, -0.1) is 0 Å². The minimum absolute atomic E-state index is 0.194. The molecule has 0 bridgehead atoms. The van der Waals surface area contributed by atoms with Crippen molar-refractivity contribution >= 4 is 11.9 Å². The van der Waals surface area contributed by atoms with Gasteiger partial charge in [-0.2, -0.15) is 5.10 Å². The van der Waals surface area contributed by atoms with Crippen LogP contribution in [0.1, 0.15) is 13.8 Å². The SMILES string of the molecule is COC(=O)C(NC(=O)Cn1nc(-c2ccccc2F)ccc1=O)C(C)C. The first-order valence-corrected chi connectivity index (χ1v) is 8.03. The van der Waals surface area contributed by atoms with Crippen LogP contribution in [0.15, 0.2) is 41.2 Å². The number of rotatable bonds is 6. The molecule has 0 radical (unpaired) electrons. The van der Waals surface area contributed by atoms with E-state index in [-0.39, 0.29) is 17.2 Å². The van der Waals surface area contributed by atoms with Gasteiger partial charge in [0.15, 0.2) is 0 Å². The Labute approximate surface area is 149 Å². The second-order valence-corrected chi connectivity index (χ2v) is 6.01. The van der Waals surface area contributed by atoms with Crippen molar-refractivity contribution in [1.29, 1.82) is 0 Å². The highest BCUT2D eigenvalue weighted by Gasteiger charge is 2.25. The van der Waals surface area contributed by atoms with E-state index >= 15 is 0 Å². The van der Waals surface area contributed by atoms with E-state index in [0.717, 1.165) is 4.68 Å². The summed E-state index contributed by atoms with van der Waals surface area (Å²) in [7, 11) is 1.23. The molecule has 1 aromatic carbocycles. The second-order valence-electron chi connectivity index (χ2n) is 6.01. The van der Waals surface area contributed by atoms with Crippen molar-refractivity contribution in [2.45, 2.75) is 26.4 Å². The Morgan fingerprint density at radius 1 is 1.23 bits per heavy atom. The van der Waals surface area contributed by atoms with Gasteiger partial charge in [0, 0.05) is 11.6 Å². The highest BCUT2D eigenvalue weighted by molar-refractivity contribution is 5.84. The summed E-state index contributed by atoms with van der Waals surface area (Å²) in [5.74, 6) is -1.83. The van der Waals surface area contributed by atoms with Crippen molar-refractivity contribution in [3.63, 3.8) is 0 Å². The van der Waals surface area contributed by atoms with Crippen LogP contribution in [0.2, 0.25) is 0 Å². The lowest BCUT2D eigenvalue weighted by atomic mass is 10.0. The molecule has 0 fully saturated rings. The second kappa shape index (κ2) is 8.37. The van der Waals surface area contributed by atoms with Gasteiger partial charge in [-0.05, 0) is 24.1 Å². The maximum absolute atomic E-state index is 13.9. The normalized spacial score (nSPS) is 11.9. The van der Waals surface area contributed by atoms with Crippen molar-refractivity contribution in [2.24, 2.45) is 5.92 Å². The largest absolute Gasteiger partial charge is 0.467 e. The molecule has 0 saturated carbocycles. The van der Waals surface area contributed by atoms with Crippen LogP contribution in [0.25, 0.3) is 11.3 Å². The standard InChI is InChI=1S/C18H20FN3O4/c1-11(2)17(18(25)26-3)20-15(23)10-22-16(24)9-8-14(21-22)12-6-4-5-7-13(12)19/h4-9,11,17H,10H2,1-3H3,(H,20,23).